The molecule has 1 amide bonds. The summed E-state index contributed by atoms with van der Waals surface area (Å²) in [7, 11) is 0. The van der Waals surface area contributed by atoms with Gasteiger partial charge in [-0.05, 0) is 37.5 Å². The van der Waals surface area contributed by atoms with Gasteiger partial charge in [0.05, 0.1) is 0 Å². The average molecular weight is 347 g/mol. The highest BCUT2D eigenvalue weighted by atomic mass is 79.9. The van der Waals surface area contributed by atoms with E-state index in [2.05, 4.69) is 15.9 Å². The molecule has 1 aliphatic rings. The van der Waals surface area contributed by atoms with E-state index in [1.165, 1.54) is 4.90 Å². The van der Waals surface area contributed by atoms with Crippen LogP contribution >= 0.6 is 27.5 Å². The summed E-state index contributed by atoms with van der Waals surface area (Å²) in [6.45, 7) is 0.472. The van der Waals surface area contributed by atoms with E-state index in [0.29, 0.717) is 28.0 Å². The van der Waals surface area contributed by atoms with Crippen LogP contribution in [0.25, 0.3) is 0 Å². The maximum atomic E-state index is 12.4. The summed E-state index contributed by atoms with van der Waals surface area (Å²) in [5.41, 5.74) is 0.410. The molecule has 6 heteroatoms. The molecule has 19 heavy (non-hydrogen) atoms. The van der Waals surface area contributed by atoms with Crippen LogP contribution < -0.4 is 0 Å². The quantitative estimate of drug-likeness (QED) is 0.895. The number of carbonyl (C=O) groups is 2. The van der Waals surface area contributed by atoms with Crippen molar-refractivity contribution in [2.75, 3.05) is 6.54 Å². The van der Waals surface area contributed by atoms with Gasteiger partial charge in [0, 0.05) is 21.6 Å². The van der Waals surface area contributed by atoms with Crippen molar-refractivity contribution in [1.82, 2.24) is 4.90 Å². The van der Waals surface area contributed by atoms with E-state index in [4.69, 9.17) is 11.6 Å². The van der Waals surface area contributed by atoms with Crippen molar-refractivity contribution in [2.45, 2.75) is 25.3 Å². The molecule has 1 fully saturated rings. The van der Waals surface area contributed by atoms with E-state index in [1.54, 1.807) is 18.2 Å². The number of carboxylic acid groups (broad SMARTS) is 1. The molecule has 0 radical (unpaired) electrons. The molecule has 102 valence electrons. The molecule has 1 aromatic rings. The first kappa shape index (κ1) is 14.3. The predicted octanol–water partition coefficient (Wildman–Crippen LogP) is 3.18. The molecular formula is C13H13BrClNO3. The van der Waals surface area contributed by atoms with Crippen LogP contribution in [-0.4, -0.2) is 34.5 Å². The molecule has 0 spiro atoms. The first-order valence-electron chi connectivity index (χ1n) is 5.99. The molecule has 1 atom stereocenters. The Balaban J connectivity index is 2.28. The maximum absolute atomic E-state index is 12.4. The number of likely N-dealkylation sites (tertiary alicyclic amines) is 1. The smallest absolute Gasteiger partial charge is 0.326 e. The van der Waals surface area contributed by atoms with Crippen LogP contribution in [0.5, 0.6) is 0 Å². The highest BCUT2D eigenvalue weighted by Crippen LogP contribution is 2.24. The van der Waals surface area contributed by atoms with Gasteiger partial charge in [-0.3, -0.25) is 4.79 Å². The lowest BCUT2D eigenvalue weighted by Gasteiger charge is -2.33. The number of hydrogen-bond acceptors (Lipinski definition) is 2. The SMILES string of the molecule is O=C(O)[C@H]1CCCCN1C(=O)c1cc(Cl)cc(Br)c1. The Morgan fingerprint density at radius 3 is 2.68 bits per heavy atom. The summed E-state index contributed by atoms with van der Waals surface area (Å²) in [5, 5.41) is 9.63. The molecule has 1 N–H and O–H groups in total. The van der Waals surface area contributed by atoms with Gasteiger partial charge < -0.3 is 10.0 Å². The van der Waals surface area contributed by atoms with Gasteiger partial charge in [-0.25, -0.2) is 4.79 Å². The Bertz CT molecular complexity index is 500. The first-order chi connectivity index (χ1) is 8.99. The van der Waals surface area contributed by atoms with Gasteiger partial charge in [-0.2, -0.15) is 0 Å². The lowest BCUT2D eigenvalue weighted by molar-refractivity contribution is -0.143. The van der Waals surface area contributed by atoms with E-state index in [9.17, 15) is 14.7 Å². The number of carboxylic acids is 1. The number of rotatable bonds is 2. The fourth-order valence-corrected chi connectivity index (χ4v) is 3.13. The summed E-state index contributed by atoms with van der Waals surface area (Å²) >= 11 is 9.19. The Morgan fingerprint density at radius 1 is 1.32 bits per heavy atom. The third-order valence-corrected chi connectivity index (χ3v) is 3.83. The molecule has 0 aromatic heterocycles. The summed E-state index contributed by atoms with van der Waals surface area (Å²) in [5.74, 6) is -1.23. The minimum Gasteiger partial charge on any atom is -0.480 e. The highest BCUT2D eigenvalue weighted by Gasteiger charge is 2.32. The zero-order chi connectivity index (χ0) is 14.0. The average Bonchev–Trinajstić information content (AvgIpc) is 2.36. The molecule has 1 aromatic carbocycles. The number of halogens is 2. The van der Waals surface area contributed by atoms with Crippen molar-refractivity contribution in [3.8, 4) is 0 Å². The van der Waals surface area contributed by atoms with Crippen LogP contribution in [0.4, 0.5) is 0 Å². The van der Waals surface area contributed by atoms with Crippen molar-refractivity contribution in [1.29, 1.82) is 0 Å². The molecule has 1 aliphatic heterocycles. The number of benzene rings is 1. The number of amides is 1. The highest BCUT2D eigenvalue weighted by molar-refractivity contribution is 9.10. The molecule has 4 nitrogen and oxygen atoms in total. The lowest BCUT2D eigenvalue weighted by atomic mass is 10.0. The fraction of sp³-hybridized carbons (Fsp3) is 0.385. The monoisotopic (exact) mass is 345 g/mol. The summed E-state index contributed by atoms with van der Waals surface area (Å²) in [4.78, 5) is 25.0. The van der Waals surface area contributed by atoms with Crippen LogP contribution in [0.15, 0.2) is 22.7 Å². The Hall–Kier alpha value is -1.07. The predicted molar refractivity (Wildman–Crippen MR) is 75.5 cm³/mol. The molecule has 1 heterocycles. The zero-order valence-corrected chi connectivity index (χ0v) is 12.4. The van der Waals surface area contributed by atoms with Gasteiger partial charge in [-0.15, -0.1) is 0 Å². The van der Waals surface area contributed by atoms with Crippen molar-refractivity contribution in [3.05, 3.63) is 33.3 Å². The molecule has 0 unspecified atom stereocenters. The molecule has 2 rings (SSSR count). The minimum absolute atomic E-state index is 0.282. The van der Waals surface area contributed by atoms with Crippen LogP contribution in [0.1, 0.15) is 29.6 Å². The van der Waals surface area contributed by atoms with Gasteiger partial charge in [0.25, 0.3) is 5.91 Å². The maximum Gasteiger partial charge on any atom is 0.326 e. The van der Waals surface area contributed by atoms with Crippen LogP contribution in [0.3, 0.4) is 0 Å². The van der Waals surface area contributed by atoms with E-state index in [0.717, 1.165) is 12.8 Å². The van der Waals surface area contributed by atoms with Crippen molar-refractivity contribution in [2.24, 2.45) is 0 Å². The third kappa shape index (κ3) is 3.28. The topological polar surface area (TPSA) is 57.6 Å². The second-order valence-electron chi connectivity index (χ2n) is 4.51. The van der Waals surface area contributed by atoms with Gasteiger partial charge >= 0.3 is 5.97 Å². The second kappa shape index (κ2) is 5.92. The zero-order valence-electron chi connectivity index (χ0n) is 10.1. The molecule has 1 saturated heterocycles. The minimum atomic E-state index is -0.950. The number of carbonyl (C=O) groups excluding carboxylic acids is 1. The van der Waals surface area contributed by atoms with Crippen LogP contribution in [-0.2, 0) is 4.79 Å². The van der Waals surface area contributed by atoms with Crippen LogP contribution in [0.2, 0.25) is 5.02 Å². The van der Waals surface area contributed by atoms with Crippen molar-refractivity contribution >= 4 is 39.4 Å². The van der Waals surface area contributed by atoms with Crippen LogP contribution in [0, 0.1) is 0 Å². The standard InChI is InChI=1S/C13H13BrClNO3/c14-9-5-8(6-10(15)7-9)12(17)16-4-2-1-3-11(16)13(18)19/h5-7,11H,1-4H2,(H,18,19)/t11-/m1/s1. The molecular weight excluding hydrogens is 334 g/mol. The second-order valence-corrected chi connectivity index (χ2v) is 5.86. The number of hydrogen-bond donors (Lipinski definition) is 1. The normalized spacial score (nSPS) is 19.3. The van der Waals surface area contributed by atoms with Gasteiger partial charge in [0.15, 0.2) is 0 Å². The van der Waals surface area contributed by atoms with E-state index in [1.807, 2.05) is 0 Å². The fourth-order valence-electron chi connectivity index (χ4n) is 2.27. The molecule has 0 bridgehead atoms. The molecule has 0 saturated carbocycles. The summed E-state index contributed by atoms with van der Waals surface area (Å²) < 4.78 is 0.701. The van der Waals surface area contributed by atoms with Crippen molar-refractivity contribution in [3.63, 3.8) is 0 Å². The van der Waals surface area contributed by atoms with Gasteiger partial charge in [0.2, 0.25) is 0 Å². The van der Waals surface area contributed by atoms with E-state index < -0.39 is 12.0 Å². The number of nitrogens with zero attached hydrogens (tertiary/aromatic N) is 1. The van der Waals surface area contributed by atoms with Gasteiger partial charge in [-0.1, -0.05) is 27.5 Å². The van der Waals surface area contributed by atoms with Crippen molar-refractivity contribution < 1.29 is 14.7 Å². The van der Waals surface area contributed by atoms with E-state index >= 15 is 0 Å². The summed E-state index contributed by atoms with van der Waals surface area (Å²) in [6, 6.07) is 4.16. The van der Waals surface area contributed by atoms with E-state index in [-0.39, 0.29) is 5.91 Å². The number of aliphatic carboxylic acids is 1. The molecule has 0 aliphatic carbocycles. The third-order valence-electron chi connectivity index (χ3n) is 3.16. The Labute approximate surface area is 124 Å². The lowest BCUT2D eigenvalue weighted by Crippen LogP contribution is -2.47. The van der Waals surface area contributed by atoms with Gasteiger partial charge in [0.1, 0.15) is 6.04 Å². The largest absolute Gasteiger partial charge is 0.480 e. The Morgan fingerprint density at radius 2 is 2.05 bits per heavy atom. The Kier molecular flexibility index (Phi) is 4.47. The summed E-state index contributed by atoms with van der Waals surface area (Å²) in [6.07, 6.45) is 2.17. The first-order valence-corrected chi connectivity index (χ1v) is 7.16. The number of piperidine rings is 1.